The van der Waals surface area contributed by atoms with Gasteiger partial charge in [-0.2, -0.15) is 0 Å². The Balaban J connectivity index is 2.02. The Bertz CT molecular complexity index is 419. The van der Waals surface area contributed by atoms with E-state index in [2.05, 4.69) is 36.8 Å². The van der Waals surface area contributed by atoms with Gasteiger partial charge in [-0.3, -0.25) is 4.90 Å². The van der Waals surface area contributed by atoms with E-state index in [0.29, 0.717) is 6.04 Å². The highest BCUT2D eigenvalue weighted by atomic mass is 16.3. The molecule has 0 bridgehead atoms. The van der Waals surface area contributed by atoms with Crippen molar-refractivity contribution in [2.45, 2.75) is 51.7 Å². The summed E-state index contributed by atoms with van der Waals surface area (Å²) in [5, 5.41) is 0. The van der Waals surface area contributed by atoms with E-state index < -0.39 is 0 Å². The second-order valence-corrected chi connectivity index (χ2v) is 6.42. The van der Waals surface area contributed by atoms with Gasteiger partial charge in [0, 0.05) is 43.3 Å². The molecule has 2 rings (SSSR count). The molecule has 0 amide bonds. The second kappa shape index (κ2) is 6.29. The first-order chi connectivity index (χ1) is 9.48. The Morgan fingerprint density at radius 2 is 2.05 bits per heavy atom. The van der Waals surface area contributed by atoms with Crippen molar-refractivity contribution in [2.75, 3.05) is 26.7 Å². The summed E-state index contributed by atoms with van der Waals surface area (Å²) in [5.74, 6) is 1.02. The predicted molar refractivity (Wildman–Crippen MR) is 82.6 cm³/mol. The maximum atomic E-state index is 6.14. The number of hydrogen-bond acceptors (Lipinski definition) is 4. The maximum absolute atomic E-state index is 6.14. The summed E-state index contributed by atoms with van der Waals surface area (Å²) in [7, 11) is 2.20. The molecular weight excluding hydrogens is 250 g/mol. The van der Waals surface area contributed by atoms with Gasteiger partial charge in [-0.15, -0.1) is 0 Å². The van der Waals surface area contributed by atoms with Crippen LogP contribution >= 0.6 is 0 Å². The highest BCUT2D eigenvalue weighted by Gasteiger charge is 2.37. The number of piperidine rings is 1. The second-order valence-electron chi connectivity index (χ2n) is 6.42. The number of furan rings is 1. The van der Waals surface area contributed by atoms with Crippen LogP contribution in [0.1, 0.15) is 38.0 Å². The van der Waals surface area contributed by atoms with E-state index in [4.69, 9.17) is 10.2 Å². The Hall–Kier alpha value is -0.840. The molecule has 1 aromatic heterocycles. The summed E-state index contributed by atoms with van der Waals surface area (Å²) in [6, 6.07) is 2.70. The van der Waals surface area contributed by atoms with Crippen molar-refractivity contribution < 1.29 is 4.42 Å². The van der Waals surface area contributed by atoms with Crippen LogP contribution in [-0.2, 0) is 6.54 Å². The number of nitrogens with two attached hydrogens (primary N) is 1. The number of hydrogen-bond donors (Lipinski definition) is 1. The van der Waals surface area contributed by atoms with Crippen LogP contribution < -0.4 is 5.73 Å². The third-order valence-electron chi connectivity index (χ3n) is 5.02. The van der Waals surface area contributed by atoms with Gasteiger partial charge in [0.25, 0.3) is 0 Å². The third kappa shape index (κ3) is 3.08. The Morgan fingerprint density at radius 1 is 1.40 bits per heavy atom. The van der Waals surface area contributed by atoms with E-state index >= 15 is 0 Å². The molecule has 1 aliphatic heterocycles. The molecule has 2 heterocycles. The van der Waals surface area contributed by atoms with Gasteiger partial charge in [0.15, 0.2) is 0 Å². The molecule has 0 aliphatic carbocycles. The van der Waals surface area contributed by atoms with Gasteiger partial charge in [-0.25, -0.2) is 0 Å². The summed E-state index contributed by atoms with van der Waals surface area (Å²) < 4.78 is 5.40. The summed E-state index contributed by atoms with van der Waals surface area (Å²) in [4.78, 5) is 4.98. The Kier molecular flexibility index (Phi) is 4.89. The average molecular weight is 279 g/mol. The minimum absolute atomic E-state index is 0.134. The summed E-state index contributed by atoms with van der Waals surface area (Å²) >= 11 is 0. The fourth-order valence-electron chi connectivity index (χ4n) is 3.20. The molecule has 0 spiro atoms. The SMILES string of the molecule is Cc1occc1CN(C)C1(CN)CCN(C(C)C)CC1. The standard InChI is InChI=1S/C16H29N3O/c1-13(2)19-8-6-16(12-17,7-9-19)18(4)11-15-5-10-20-14(15)3/h5,10,13H,6-9,11-12,17H2,1-4H3. The molecule has 0 atom stereocenters. The van der Waals surface area contributed by atoms with Gasteiger partial charge in [-0.1, -0.05) is 0 Å². The molecule has 0 unspecified atom stereocenters. The Morgan fingerprint density at radius 3 is 2.50 bits per heavy atom. The van der Waals surface area contributed by atoms with Gasteiger partial charge in [0.05, 0.1) is 6.26 Å². The van der Waals surface area contributed by atoms with Gasteiger partial charge >= 0.3 is 0 Å². The summed E-state index contributed by atoms with van der Waals surface area (Å²) in [6.07, 6.45) is 4.07. The molecule has 20 heavy (non-hydrogen) atoms. The quantitative estimate of drug-likeness (QED) is 0.898. The zero-order valence-electron chi connectivity index (χ0n) is 13.4. The number of rotatable bonds is 5. The highest BCUT2D eigenvalue weighted by molar-refractivity contribution is 5.16. The summed E-state index contributed by atoms with van der Waals surface area (Å²) in [5.41, 5.74) is 7.55. The summed E-state index contributed by atoms with van der Waals surface area (Å²) in [6.45, 7) is 10.5. The van der Waals surface area contributed by atoms with Gasteiger partial charge in [-0.05, 0) is 46.7 Å². The van der Waals surface area contributed by atoms with Crippen molar-refractivity contribution in [2.24, 2.45) is 5.73 Å². The van der Waals surface area contributed by atoms with Gasteiger partial charge in [0.2, 0.25) is 0 Å². The number of likely N-dealkylation sites (N-methyl/N-ethyl adjacent to an activating group) is 1. The van der Waals surface area contributed by atoms with E-state index in [1.165, 1.54) is 5.56 Å². The molecule has 0 saturated carbocycles. The molecular formula is C16H29N3O. The first kappa shape index (κ1) is 15.5. The zero-order chi connectivity index (χ0) is 14.8. The maximum Gasteiger partial charge on any atom is 0.105 e. The van der Waals surface area contributed by atoms with Crippen LogP contribution in [0.4, 0.5) is 0 Å². The van der Waals surface area contributed by atoms with E-state index in [9.17, 15) is 0 Å². The molecule has 1 saturated heterocycles. The molecule has 4 heteroatoms. The van der Waals surface area contributed by atoms with Gasteiger partial charge < -0.3 is 15.1 Å². The molecule has 2 N–H and O–H groups in total. The van der Waals surface area contributed by atoms with Crippen LogP contribution in [0.2, 0.25) is 0 Å². The van der Waals surface area contributed by atoms with Crippen molar-refractivity contribution in [1.82, 2.24) is 9.80 Å². The van der Waals surface area contributed by atoms with E-state index in [0.717, 1.165) is 44.8 Å². The fourth-order valence-corrected chi connectivity index (χ4v) is 3.20. The lowest BCUT2D eigenvalue weighted by atomic mass is 9.85. The van der Waals surface area contributed by atoms with Crippen molar-refractivity contribution >= 4 is 0 Å². The fraction of sp³-hybridized carbons (Fsp3) is 0.750. The molecule has 0 radical (unpaired) electrons. The van der Waals surface area contributed by atoms with Gasteiger partial charge in [0.1, 0.15) is 5.76 Å². The minimum Gasteiger partial charge on any atom is -0.469 e. The minimum atomic E-state index is 0.134. The van der Waals surface area contributed by atoms with Crippen LogP contribution in [0.15, 0.2) is 16.7 Å². The van der Waals surface area contributed by atoms with Crippen molar-refractivity contribution in [3.05, 3.63) is 23.7 Å². The molecule has 1 aliphatic rings. The molecule has 1 aromatic rings. The molecule has 0 aromatic carbocycles. The molecule has 4 nitrogen and oxygen atoms in total. The monoisotopic (exact) mass is 279 g/mol. The van der Waals surface area contributed by atoms with E-state index in [1.54, 1.807) is 6.26 Å². The lowest BCUT2D eigenvalue weighted by Gasteiger charge is -2.48. The topological polar surface area (TPSA) is 45.6 Å². The number of aryl methyl sites for hydroxylation is 1. The molecule has 114 valence electrons. The smallest absolute Gasteiger partial charge is 0.105 e. The van der Waals surface area contributed by atoms with Crippen molar-refractivity contribution in [3.8, 4) is 0 Å². The Labute approximate surface area is 122 Å². The van der Waals surface area contributed by atoms with E-state index in [1.807, 2.05) is 6.92 Å². The first-order valence-electron chi connectivity index (χ1n) is 7.67. The third-order valence-corrected chi connectivity index (χ3v) is 5.02. The predicted octanol–water partition coefficient (Wildman–Crippen LogP) is 2.22. The van der Waals surface area contributed by atoms with E-state index in [-0.39, 0.29) is 5.54 Å². The van der Waals surface area contributed by atoms with Crippen LogP contribution in [0.25, 0.3) is 0 Å². The molecule has 1 fully saturated rings. The highest BCUT2D eigenvalue weighted by Crippen LogP contribution is 2.29. The van der Waals surface area contributed by atoms with Crippen LogP contribution in [0, 0.1) is 6.92 Å². The largest absolute Gasteiger partial charge is 0.469 e. The van der Waals surface area contributed by atoms with Crippen molar-refractivity contribution in [1.29, 1.82) is 0 Å². The lowest BCUT2D eigenvalue weighted by molar-refractivity contribution is 0.0296. The lowest BCUT2D eigenvalue weighted by Crippen LogP contribution is -2.58. The van der Waals surface area contributed by atoms with Crippen LogP contribution in [0.3, 0.4) is 0 Å². The number of nitrogens with zero attached hydrogens (tertiary/aromatic N) is 2. The van der Waals surface area contributed by atoms with Crippen LogP contribution in [0.5, 0.6) is 0 Å². The average Bonchev–Trinajstić information content (AvgIpc) is 2.84. The number of likely N-dealkylation sites (tertiary alicyclic amines) is 1. The first-order valence-corrected chi connectivity index (χ1v) is 7.67. The zero-order valence-corrected chi connectivity index (χ0v) is 13.4. The normalized spacial score (nSPS) is 19.9. The van der Waals surface area contributed by atoms with Crippen LogP contribution in [-0.4, -0.2) is 48.1 Å². The van der Waals surface area contributed by atoms with Crippen molar-refractivity contribution in [3.63, 3.8) is 0 Å².